The molecule has 0 rings (SSSR count). The number of carbonyl (C=O) groups excluding carboxylic acids is 1. The van der Waals surface area contributed by atoms with E-state index in [9.17, 15) is 4.79 Å². The maximum absolute atomic E-state index is 11.6. The summed E-state index contributed by atoms with van der Waals surface area (Å²) in [5, 5.41) is 2.85. The maximum atomic E-state index is 11.6. The SMILES string of the molecule is C#CCCC(NC(=O)OC(C)(C)C)C(C)C. The van der Waals surface area contributed by atoms with Gasteiger partial charge in [-0.2, -0.15) is 0 Å². The van der Waals surface area contributed by atoms with Gasteiger partial charge in [0.25, 0.3) is 0 Å². The van der Waals surface area contributed by atoms with Crippen LogP contribution in [0.2, 0.25) is 0 Å². The number of terminal acetylenes is 1. The highest BCUT2D eigenvalue weighted by atomic mass is 16.6. The lowest BCUT2D eigenvalue weighted by Crippen LogP contribution is -2.41. The third-order valence-corrected chi connectivity index (χ3v) is 2.11. The van der Waals surface area contributed by atoms with E-state index in [0.29, 0.717) is 12.3 Å². The number of hydrogen-bond acceptors (Lipinski definition) is 2. The Bertz CT molecular complexity index is 258. The van der Waals surface area contributed by atoms with Crippen LogP contribution in [-0.2, 0) is 4.74 Å². The molecule has 0 aromatic carbocycles. The summed E-state index contributed by atoms with van der Waals surface area (Å²) in [4.78, 5) is 11.6. The van der Waals surface area contributed by atoms with E-state index in [1.165, 1.54) is 0 Å². The van der Waals surface area contributed by atoms with Gasteiger partial charge in [0.1, 0.15) is 5.60 Å². The van der Waals surface area contributed by atoms with Crippen molar-refractivity contribution >= 4 is 6.09 Å². The minimum absolute atomic E-state index is 0.0749. The van der Waals surface area contributed by atoms with E-state index in [-0.39, 0.29) is 12.1 Å². The quantitative estimate of drug-likeness (QED) is 0.747. The first-order chi connectivity index (χ1) is 7.26. The number of ether oxygens (including phenoxy) is 1. The molecule has 0 aliphatic carbocycles. The number of rotatable bonds is 4. The molecule has 16 heavy (non-hydrogen) atoms. The molecule has 0 radical (unpaired) electrons. The van der Waals surface area contributed by atoms with Crippen LogP contribution in [0.3, 0.4) is 0 Å². The Balaban J connectivity index is 4.20. The van der Waals surface area contributed by atoms with Crippen LogP contribution in [0.15, 0.2) is 0 Å². The molecule has 0 spiro atoms. The molecule has 0 aromatic rings. The Kier molecular flexibility index (Phi) is 5.95. The minimum Gasteiger partial charge on any atom is -0.444 e. The highest BCUT2D eigenvalue weighted by molar-refractivity contribution is 5.68. The molecule has 1 N–H and O–H groups in total. The van der Waals surface area contributed by atoms with Crippen LogP contribution in [0, 0.1) is 18.3 Å². The van der Waals surface area contributed by atoms with Gasteiger partial charge in [-0.15, -0.1) is 12.3 Å². The van der Waals surface area contributed by atoms with Crippen molar-refractivity contribution < 1.29 is 9.53 Å². The largest absolute Gasteiger partial charge is 0.444 e. The fourth-order valence-corrected chi connectivity index (χ4v) is 1.27. The van der Waals surface area contributed by atoms with Crippen molar-refractivity contribution in [2.75, 3.05) is 0 Å². The lowest BCUT2D eigenvalue weighted by Gasteiger charge is -2.25. The summed E-state index contributed by atoms with van der Waals surface area (Å²) in [6, 6.07) is 0.0749. The van der Waals surface area contributed by atoms with E-state index in [1.54, 1.807) is 0 Å². The van der Waals surface area contributed by atoms with Crippen LogP contribution in [0.5, 0.6) is 0 Å². The normalized spacial score (nSPS) is 13.1. The van der Waals surface area contributed by atoms with Gasteiger partial charge in [0, 0.05) is 12.5 Å². The fraction of sp³-hybridized carbons (Fsp3) is 0.769. The molecule has 3 nitrogen and oxygen atoms in total. The van der Waals surface area contributed by atoms with Gasteiger partial charge in [-0.3, -0.25) is 0 Å². The van der Waals surface area contributed by atoms with Crippen LogP contribution in [-0.4, -0.2) is 17.7 Å². The van der Waals surface area contributed by atoms with Crippen molar-refractivity contribution in [2.24, 2.45) is 5.92 Å². The first-order valence-electron chi connectivity index (χ1n) is 5.69. The smallest absolute Gasteiger partial charge is 0.407 e. The third-order valence-electron chi connectivity index (χ3n) is 2.11. The highest BCUT2D eigenvalue weighted by Gasteiger charge is 2.20. The number of amides is 1. The number of carbonyl (C=O) groups is 1. The molecule has 0 fully saturated rings. The molecule has 0 saturated carbocycles. The number of alkyl carbamates (subject to hydrolysis) is 1. The number of hydrogen-bond donors (Lipinski definition) is 1. The molecule has 0 aliphatic heterocycles. The Hall–Kier alpha value is -1.17. The van der Waals surface area contributed by atoms with E-state index >= 15 is 0 Å². The van der Waals surface area contributed by atoms with E-state index in [1.807, 2.05) is 20.8 Å². The van der Waals surface area contributed by atoms with Crippen LogP contribution in [0.25, 0.3) is 0 Å². The van der Waals surface area contributed by atoms with Gasteiger partial charge in [0.2, 0.25) is 0 Å². The molecule has 0 saturated heterocycles. The summed E-state index contributed by atoms with van der Waals surface area (Å²) in [7, 11) is 0. The fourth-order valence-electron chi connectivity index (χ4n) is 1.27. The summed E-state index contributed by atoms with van der Waals surface area (Å²) < 4.78 is 5.20. The van der Waals surface area contributed by atoms with Gasteiger partial charge in [-0.25, -0.2) is 4.79 Å². The van der Waals surface area contributed by atoms with Crippen LogP contribution < -0.4 is 5.32 Å². The van der Waals surface area contributed by atoms with E-state index in [4.69, 9.17) is 11.2 Å². The third kappa shape index (κ3) is 7.17. The highest BCUT2D eigenvalue weighted by Crippen LogP contribution is 2.11. The van der Waals surface area contributed by atoms with Crippen molar-refractivity contribution in [3.63, 3.8) is 0 Å². The lowest BCUT2D eigenvalue weighted by molar-refractivity contribution is 0.0488. The predicted molar refractivity (Wildman–Crippen MR) is 66.1 cm³/mol. The summed E-state index contributed by atoms with van der Waals surface area (Å²) in [6.07, 6.45) is 6.29. The molecule has 0 aromatic heterocycles. The van der Waals surface area contributed by atoms with Gasteiger partial charge in [0.15, 0.2) is 0 Å². The molecule has 1 unspecified atom stereocenters. The topological polar surface area (TPSA) is 38.3 Å². The Labute approximate surface area is 98.9 Å². The molecule has 92 valence electrons. The van der Waals surface area contributed by atoms with Crippen LogP contribution >= 0.6 is 0 Å². The zero-order chi connectivity index (χ0) is 12.8. The molecule has 0 bridgehead atoms. The second-order valence-corrected chi connectivity index (χ2v) is 5.24. The maximum Gasteiger partial charge on any atom is 0.407 e. The second kappa shape index (κ2) is 6.42. The van der Waals surface area contributed by atoms with Crippen LogP contribution in [0.4, 0.5) is 4.79 Å². The monoisotopic (exact) mass is 225 g/mol. The molecule has 3 heteroatoms. The summed E-state index contributed by atoms with van der Waals surface area (Å²) in [6.45, 7) is 9.65. The Morgan fingerprint density at radius 1 is 1.44 bits per heavy atom. The van der Waals surface area contributed by atoms with Crippen molar-refractivity contribution in [1.82, 2.24) is 5.32 Å². The molecule has 1 amide bonds. The van der Waals surface area contributed by atoms with Crippen molar-refractivity contribution in [2.45, 2.75) is 59.1 Å². The number of nitrogens with one attached hydrogen (secondary N) is 1. The molecule has 1 atom stereocenters. The molecular weight excluding hydrogens is 202 g/mol. The summed E-state index contributed by atoms with van der Waals surface area (Å²) in [5.41, 5.74) is -0.461. The first kappa shape index (κ1) is 14.8. The Morgan fingerprint density at radius 2 is 2.00 bits per heavy atom. The van der Waals surface area contributed by atoms with E-state index in [2.05, 4.69) is 25.1 Å². The average Bonchev–Trinajstić information content (AvgIpc) is 2.08. The standard InChI is InChI=1S/C13H23NO2/c1-7-8-9-11(10(2)3)14-12(15)16-13(4,5)6/h1,10-11H,8-9H2,2-6H3,(H,14,15). The van der Waals surface area contributed by atoms with Gasteiger partial charge < -0.3 is 10.1 Å². The van der Waals surface area contributed by atoms with Gasteiger partial charge in [-0.05, 0) is 33.1 Å². The second-order valence-electron chi connectivity index (χ2n) is 5.24. The predicted octanol–water partition coefficient (Wildman–Crippen LogP) is 2.95. The van der Waals surface area contributed by atoms with E-state index < -0.39 is 5.60 Å². The molecule has 0 heterocycles. The van der Waals surface area contributed by atoms with Crippen molar-refractivity contribution in [3.05, 3.63) is 0 Å². The molecule has 0 aliphatic rings. The Morgan fingerprint density at radius 3 is 2.38 bits per heavy atom. The van der Waals surface area contributed by atoms with E-state index in [0.717, 1.165) is 6.42 Å². The minimum atomic E-state index is -0.461. The zero-order valence-corrected chi connectivity index (χ0v) is 11.0. The van der Waals surface area contributed by atoms with Crippen molar-refractivity contribution in [1.29, 1.82) is 0 Å². The van der Waals surface area contributed by atoms with Gasteiger partial charge in [0.05, 0.1) is 0 Å². The zero-order valence-electron chi connectivity index (χ0n) is 11.0. The van der Waals surface area contributed by atoms with Crippen molar-refractivity contribution in [3.8, 4) is 12.3 Å². The van der Waals surface area contributed by atoms with Gasteiger partial charge >= 0.3 is 6.09 Å². The lowest BCUT2D eigenvalue weighted by atomic mass is 10.00. The summed E-state index contributed by atoms with van der Waals surface area (Å²) >= 11 is 0. The average molecular weight is 225 g/mol. The van der Waals surface area contributed by atoms with Gasteiger partial charge in [-0.1, -0.05) is 13.8 Å². The molecular formula is C13H23NO2. The first-order valence-corrected chi connectivity index (χ1v) is 5.69. The summed E-state index contributed by atoms with van der Waals surface area (Å²) in [5.74, 6) is 2.93. The van der Waals surface area contributed by atoms with Crippen LogP contribution in [0.1, 0.15) is 47.5 Å².